The highest BCUT2D eigenvalue weighted by atomic mass is 32.2. The van der Waals surface area contributed by atoms with E-state index < -0.39 is 52.2 Å². The minimum Gasteiger partial charge on any atom is -0.503 e. The Morgan fingerprint density at radius 1 is 0.446 bits per heavy atom. The third-order valence-electron chi connectivity index (χ3n) is 9.88. The highest BCUT2D eigenvalue weighted by Crippen LogP contribution is 2.32. The zero-order chi connectivity index (χ0) is 46.3. The van der Waals surface area contributed by atoms with Gasteiger partial charge in [0.2, 0.25) is 17.5 Å². The molecule has 0 saturated carbocycles. The zero-order valence-electron chi connectivity index (χ0n) is 34.8. The monoisotopic (exact) mass is 907 g/mol. The van der Waals surface area contributed by atoms with Gasteiger partial charge in [-0.05, 0) is 88.3 Å². The summed E-state index contributed by atoms with van der Waals surface area (Å²) in [5.74, 6) is -8.40. The number of aromatic hydroxyl groups is 3. The molecule has 0 unspecified atom stereocenters. The summed E-state index contributed by atoms with van der Waals surface area (Å²) in [4.78, 5) is 1.15. The number of hydrogen-bond acceptors (Lipinski definition) is 8. The molecule has 0 heterocycles. The summed E-state index contributed by atoms with van der Waals surface area (Å²) in [5.41, 5.74) is 4.34. The lowest BCUT2D eigenvalue weighted by atomic mass is 10.0. The van der Waals surface area contributed by atoms with E-state index in [9.17, 15) is 41.7 Å². The molecule has 0 spiro atoms. The van der Waals surface area contributed by atoms with E-state index >= 15 is 0 Å². The highest BCUT2D eigenvalue weighted by Gasteiger charge is 2.15. The van der Waals surface area contributed by atoms with Crippen molar-refractivity contribution in [2.45, 2.75) is 31.1 Å². The summed E-state index contributed by atoms with van der Waals surface area (Å²) < 4.78 is 84.6. The molecule has 6 N–H and O–H groups in total. The molecule has 0 fully saturated rings. The molecule has 0 bridgehead atoms. The Balaban J connectivity index is 0.000000163. The molecule has 0 aliphatic heterocycles. The summed E-state index contributed by atoms with van der Waals surface area (Å²) in [6.45, 7) is 1.55. The largest absolute Gasteiger partial charge is 0.503 e. The number of phenols is 3. The number of thioether (sulfide) groups is 1. The van der Waals surface area contributed by atoms with Gasteiger partial charge in [-0.15, -0.1) is 11.8 Å². The lowest BCUT2D eigenvalue weighted by Gasteiger charge is -2.14. The first-order chi connectivity index (χ1) is 31.4. The average Bonchev–Trinajstić information content (AvgIpc) is 3.34. The summed E-state index contributed by atoms with van der Waals surface area (Å²) in [6, 6.07) is 45.7. The van der Waals surface area contributed by atoms with Crippen molar-refractivity contribution in [3.63, 3.8) is 0 Å². The van der Waals surface area contributed by atoms with Gasteiger partial charge in [-0.25, -0.2) is 13.2 Å². The van der Waals surface area contributed by atoms with Crippen molar-refractivity contribution in [3.8, 4) is 23.0 Å². The predicted molar refractivity (Wildman–Crippen MR) is 245 cm³/mol. The van der Waals surface area contributed by atoms with Gasteiger partial charge < -0.3 is 36.0 Å². The second-order valence-corrected chi connectivity index (χ2v) is 15.1. The SMILES string of the molecule is CSc1ccc(CNc2ccc(F)c(F)c2O)cc1.Oc1c(NCc2cccc3ccccc23)ccc(F)c1F.Oc1c(NCc2ccccc2OCc2ccccc2)ccc(F)c1F. The Bertz CT molecular complexity index is 2830. The van der Waals surface area contributed by atoms with Gasteiger partial charge in [0, 0.05) is 30.1 Å². The van der Waals surface area contributed by atoms with Crippen LogP contribution in [0.3, 0.4) is 0 Å². The first-order valence-electron chi connectivity index (χ1n) is 20.0. The van der Waals surface area contributed by atoms with E-state index in [1.54, 1.807) is 11.8 Å². The molecule has 14 heteroatoms. The maximum atomic E-state index is 13.4. The van der Waals surface area contributed by atoms with Crippen molar-refractivity contribution < 1.29 is 46.4 Å². The first-order valence-corrected chi connectivity index (χ1v) is 21.2. The Hall–Kier alpha value is -7.45. The quantitative estimate of drug-likeness (QED) is 0.0386. The second kappa shape index (κ2) is 22.8. The van der Waals surface area contributed by atoms with Crippen LogP contribution in [0.5, 0.6) is 23.0 Å². The number of para-hydroxylation sites is 1. The van der Waals surface area contributed by atoms with Crippen LogP contribution in [-0.2, 0) is 26.2 Å². The lowest BCUT2D eigenvalue weighted by molar-refractivity contribution is 0.303. The Morgan fingerprint density at radius 2 is 0.908 bits per heavy atom. The molecule has 8 rings (SSSR count). The maximum absolute atomic E-state index is 13.4. The van der Waals surface area contributed by atoms with Crippen LogP contribution >= 0.6 is 11.8 Å². The number of ether oxygens (including phenoxy) is 1. The molecule has 0 aliphatic carbocycles. The van der Waals surface area contributed by atoms with Crippen molar-refractivity contribution in [2.24, 2.45) is 0 Å². The fourth-order valence-corrected chi connectivity index (χ4v) is 6.75. The molecule has 0 saturated heterocycles. The number of halogens is 6. The Morgan fingerprint density at radius 3 is 1.48 bits per heavy atom. The molecule has 0 aliphatic rings. The van der Waals surface area contributed by atoms with Crippen LogP contribution in [0.25, 0.3) is 10.8 Å². The molecule has 0 radical (unpaired) electrons. The van der Waals surface area contributed by atoms with Gasteiger partial charge >= 0.3 is 0 Å². The zero-order valence-corrected chi connectivity index (χ0v) is 35.6. The summed E-state index contributed by atoms with van der Waals surface area (Å²) in [6.07, 6.45) is 1.99. The minimum absolute atomic E-state index is 0.122. The number of rotatable bonds is 13. The third kappa shape index (κ3) is 12.6. The molecule has 0 atom stereocenters. The first kappa shape index (κ1) is 47.0. The van der Waals surface area contributed by atoms with E-state index in [4.69, 9.17) is 4.74 Å². The van der Waals surface area contributed by atoms with Crippen molar-refractivity contribution in [2.75, 3.05) is 22.2 Å². The summed E-state index contributed by atoms with van der Waals surface area (Å²) in [7, 11) is 0. The van der Waals surface area contributed by atoms with Crippen LogP contribution in [-0.4, -0.2) is 21.6 Å². The second-order valence-electron chi connectivity index (χ2n) is 14.2. The van der Waals surface area contributed by atoms with Crippen LogP contribution in [0.4, 0.5) is 43.4 Å². The van der Waals surface area contributed by atoms with Crippen LogP contribution in [0.15, 0.2) is 163 Å². The van der Waals surface area contributed by atoms with Gasteiger partial charge in [-0.2, -0.15) is 13.2 Å². The predicted octanol–water partition coefficient (Wildman–Crippen LogP) is 13.3. The molecule has 65 heavy (non-hydrogen) atoms. The molecule has 0 aromatic heterocycles. The van der Waals surface area contributed by atoms with Gasteiger partial charge in [0.25, 0.3) is 0 Å². The number of nitrogens with one attached hydrogen (secondary N) is 3. The fraction of sp³-hybridized carbons (Fsp3) is 0.0980. The van der Waals surface area contributed by atoms with Crippen molar-refractivity contribution in [3.05, 3.63) is 215 Å². The molecular weight excluding hydrogens is 865 g/mol. The third-order valence-corrected chi connectivity index (χ3v) is 10.6. The number of hydrogen-bond donors (Lipinski definition) is 6. The van der Waals surface area contributed by atoms with Crippen molar-refractivity contribution in [1.29, 1.82) is 0 Å². The summed E-state index contributed by atoms with van der Waals surface area (Å²) >= 11 is 1.65. The lowest BCUT2D eigenvalue weighted by Crippen LogP contribution is -2.04. The van der Waals surface area contributed by atoms with E-state index in [0.717, 1.165) is 56.1 Å². The molecule has 0 amide bonds. The number of anilines is 3. The van der Waals surface area contributed by atoms with Crippen LogP contribution in [0.1, 0.15) is 22.3 Å². The Kier molecular flexibility index (Phi) is 16.5. The highest BCUT2D eigenvalue weighted by molar-refractivity contribution is 7.98. The normalized spacial score (nSPS) is 10.6. The van der Waals surface area contributed by atoms with Gasteiger partial charge in [0.05, 0.1) is 17.1 Å². The van der Waals surface area contributed by atoms with Gasteiger partial charge in [0.1, 0.15) is 12.4 Å². The van der Waals surface area contributed by atoms with Crippen molar-refractivity contribution >= 4 is 39.6 Å². The fourth-order valence-electron chi connectivity index (χ4n) is 6.34. The average molecular weight is 908 g/mol. The van der Waals surface area contributed by atoms with E-state index in [-0.39, 0.29) is 17.1 Å². The summed E-state index contributed by atoms with van der Waals surface area (Å²) in [5, 5.41) is 39.6. The molecule has 8 aromatic carbocycles. The van der Waals surface area contributed by atoms with E-state index in [0.29, 0.717) is 32.0 Å². The molecule has 7 nitrogen and oxygen atoms in total. The number of phenolic OH excluding ortho intramolecular Hbond substituents is 3. The van der Waals surface area contributed by atoms with E-state index in [1.165, 1.54) is 18.2 Å². The smallest absolute Gasteiger partial charge is 0.202 e. The Labute approximate surface area is 376 Å². The van der Waals surface area contributed by atoms with Crippen LogP contribution in [0, 0.1) is 34.9 Å². The van der Waals surface area contributed by atoms with E-state index in [2.05, 4.69) is 16.0 Å². The van der Waals surface area contributed by atoms with E-state index in [1.807, 2.05) is 128 Å². The van der Waals surface area contributed by atoms with Gasteiger partial charge in [-0.1, -0.05) is 103 Å². The topological polar surface area (TPSA) is 106 Å². The molecular formula is C51H43F6N3O4S. The molecule has 8 aromatic rings. The van der Waals surface area contributed by atoms with Crippen LogP contribution in [0.2, 0.25) is 0 Å². The number of fused-ring (bicyclic) bond motifs is 1. The van der Waals surface area contributed by atoms with Gasteiger partial charge in [-0.3, -0.25) is 0 Å². The minimum atomic E-state index is -1.27. The molecule has 334 valence electrons. The van der Waals surface area contributed by atoms with Gasteiger partial charge in [0.15, 0.2) is 34.7 Å². The number of benzene rings is 8. The maximum Gasteiger partial charge on any atom is 0.202 e. The standard InChI is InChI=1S/C20H17F2NO2.C17H13F2NO.C14H13F2NOS/c21-16-10-11-17(20(24)19(16)22)23-12-15-8-4-5-9-18(15)25-13-14-6-2-1-3-7-14;18-14-8-9-15(17(21)16(14)19)20-10-12-6-3-5-11-4-1-2-7-13(11)12;1-19-10-4-2-9(3-5-10)8-17-12-7-6-11(15)13(16)14(12)18/h1-11,23-24H,12-13H2;1-9,20-21H,10H2;2-7,17-18H,8H2,1H3. The van der Waals surface area contributed by atoms with Crippen LogP contribution < -0.4 is 20.7 Å². The van der Waals surface area contributed by atoms with Crippen molar-refractivity contribution in [1.82, 2.24) is 0 Å².